The Balaban J connectivity index is 2.34. The molecule has 2 rings (SSSR count). The molecule has 0 aliphatic carbocycles. The third-order valence-electron chi connectivity index (χ3n) is 2.88. The molecule has 92 valence electrons. The van der Waals surface area contributed by atoms with E-state index in [1.54, 1.807) is 0 Å². The van der Waals surface area contributed by atoms with Crippen LogP contribution in [0.25, 0.3) is 0 Å². The van der Waals surface area contributed by atoms with Crippen LogP contribution in [0.4, 0.5) is 0 Å². The van der Waals surface area contributed by atoms with E-state index in [0.717, 1.165) is 30.1 Å². The predicted octanol–water partition coefficient (Wildman–Crippen LogP) is 2.32. The summed E-state index contributed by atoms with van der Waals surface area (Å²) in [6, 6.07) is 9.83. The number of rotatable bonds is 4. The second kappa shape index (κ2) is 5.46. The van der Waals surface area contributed by atoms with Crippen molar-refractivity contribution in [3.8, 4) is 6.07 Å². The summed E-state index contributed by atoms with van der Waals surface area (Å²) in [4.78, 5) is 4.47. The lowest BCUT2D eigenvalue weighted by atomic mass is 10.1. The van der Waals surface area contributed by atoms with Gasteiger partial charge >= 0.3 is 0 Å². The summed E-state index contributed by atoms with van der Waals surface area (Å²) in [6.07, 6.45) is 1.68. The molecule has 0 fully saturated rings. The van der Waals surface area contributed by atoms with Gasteiger partial charge in [-0.3, -0.25) is 0 Å². The number of hydrogen-bond acceptors (Lipinski definition) is 3. The minimum atomic E-state index is 0.611. The maximum atomic E-state index is 9.08. The molecule has 0 unspecified atom stereocenters. The molecule has 1 aromatic heterocycles. The summed E-state index contributed by atoms with van der Waals surface area (Å²) in [5.41, 5.74) is 1.69. The zero-order valence-electron chi connectivity index (χ0n) is 10.7. The molecular formula is C14H16N4. The Morgan fingerprint density at radius 3 is 2.67 bits per heavy atom. The van der Waals surface area contributed by atoms with Crippen molar-refractivity contribution in [1.82, 2.24) is 14.8 Å². The highest BCUT2D eigenvalue weighted by Crippen LogP contribution is 2.11. The highest BCUT2D eigenvalue weighted by molar-refractivity contribution is 5.37. The Hall–Kier alpha value is -2.15. The molecule has 0 atom stereocenters. The van der Waals surface area contributed by atoms with Crippen LogP contribution in [-0.2, 0) is 19.4 Å². The number of aromatic nitrogens is 3. The molecule has 0 aliphatic rings. The maximum Gasteiger partial charge on any atom is 0.150 e. The Morgan fingerprint density at radius 2 is 2.00 bits per heavy atom. The summed E-state index contributed by atoms with van der Waals surface area (Å²) in [7, 11) is 0. The van der Waals surface area contributed by atoms with E-state index in [2.05, 4.69) is 23.1 Å². The fourth-order valence-electron chi connectivity index (χ4n) is 1.89. The van der Waals surface area contributed by atoms with Gasteiger partial charge in [0.15, 0.2) is 5.82 Å². The van der Waals surface area contributed by atoms with Crippen molar-refractivity contribution in [2.24, 2.45) is 0 Å². The van der Waals surface area contributed by atoms with Crippen molar-refractivity contribution >= 4 is 0 Å². The van der Waals surface area contributed by atoms with Crippen LogP contribution in [0.2, 0.25) is 0 Å². The van der Waals surface area contributed by atoms with Crippen LogP contribution in [0.15, 0.2) is 24.3 Å². The molecule has 0 amide bonds. The molecule has 1 aromatic carbocycles. The highest BCUT2D eigenvalue weighted by atomic mass is 15.3. The monoisotopic (exact) mass is 240 g/mol. The lowest BCUT2D eigenvalue weighted by Gasteiger charge is -2.06. The Labute approximate surface area is 107 Å². The van der Waals surface area contributed by atoms with Crippen LogP contribution < -0.4 is 0 Å². The first kappa shape index (κ1) is 12.3. The van der Waals surface area contributed by atoms with Crippen LogP contribution in [0, 0.1) is 11.3 Å². The van der Waals surface area contributed by atoms with Crippen molar-refractivity contribution < 1.29 is 0 Å². The number of benzene rings is 1. The number of nitrogens with zero attached hydrogens (tertiary/aromatic N) is 4. The normalized spacial score (nSPS) is 10.3. The third-order valence-corrected chi connectivity index (χ3v) is 2.88. The fourth-order valence-corrected chi connectivity index (χ4v) is 1.89. The molecule has 18 heavy (non-hydrogen) atoms. The molecule has 0 N–H and O–H groups in total. The lowest BCUT2D eigenvalue weighted by molar-refractivity contribution is 0.636. The van der Waals surface area contributed by atoms with Crippen molar-refractivity contribution in [1.29, 1.82) is 5.26 Å². The second-order valence-corrected chi connectivity index (χ2v) is 4.08. The SMILES string of the molecule is CCc1nc(CC)n(Cc2ccccc2C#N)n1. The largest absolute Gasteiger partial charge is 0.245 e. The first-order chi connectivity index (χ1) is 8.78. The number of nitriles is 1. The minimum absolute atomic E-state index is 0.611. The van der Waals surface area contributed by atoms with Crippen molar-refractivity contribution in [3.05, 3.63) is 47.0 Å². The van der Waals surface area contributed by atoms with E-state index in [9.17, 15) is 0 Å². The summed E-state index contributed by atoms with van der Waals surface area (Å²) in [6.45, 7) is 4.72. The molecule has 0 aliphatic heterocycles. The summed E-state index contributed by atoms with van der Waals surface area (Å²) in [5.74, 6) is 1.83. The minimum Gasteiger partial charge on any atom is -0.245 e. The van der Waals surface area contributed by atoms with E-state index in [0.29, 0.717) is 12.1 Å². The van der Waals surface area contributed by atoms with Gasteiger partial charge in [-0.1, -0.05) is 32.0 Å². The van der Waals surface area contributed by atoms with Gasteiger partial charge in [-0.2, -0.15) is 10.4 Å². The lowest BCUT2D eigenvalue weighted by Crippen LogP contribution is -2.07. The van der Waals surface area contributed by atoms with Crippen LogP contribution >= 0.6 is 0 Å². The van der Waals surface area contributed by atoms with E-state index >= 15 is 0 Å². The van der Waals surface area contributed by atoms with Crippen molar-refractivity contribution in [3.63, 3.8) is 0 Å². The van der Waals surface area contributed by atoms with Crippen molar-refractivity contribution in [2.45, 2.75) is 33.2 Å². The fraction of sp³-hybridized carbons (Fsp3) is 0.357. The van der Waals surface area contributed by atoms with Crippen LogP contribution in [0.3, 0.4) is 0 Å². The van der Waals surface area contributed by atoms with Gasteiger partial charge in [0.25, 0.3) is 0 Å². The molecule has 0 spiro atoms. The smallest absolute Gasteiger partial charge is 0.150 e. The molecule has 4 heteroatoms. The third kappa shape index (κ3) is 2.40. The molecule has 2 aromatic rings. The second-order valence-electron chi connectivity index (χ2n) is 4.08. The van der Waals surface area contributed by atoms with Gasteiger partial charge in [0.1, 0.15) is 5.82 Å². The van der Waals surface area contributed by atoms with Gasteiger partial charge in [0, 0.05) is 12.8 Å². The van der Waals surface area contributed by atoms with Crippen LogP contribution in [-0.4, -0.2) is 14.8 Å². The first-order valence-corrected chi connectivity index (χ1v) is 6.19. The number of aryl methyl sites for hydroxylation is 2. The van der Waals surface area contributed by atoms with E-state index in [-0.39, 0.29) is 0 Å². The zero-order valence-corrected chi connectivity index (χ0v) is 10.7. The van der Waals surface area contributed by atoms with Gasteiger partial charge in [-0.25, -0.2) is 9.67 Å². The predicted molar refractivity (Wildman–Crippen MR) is 69.0 cm³/mol. The van der Waals surface area contributed by atoms with Crippen LogP contribution in [0.1, 0.15) is 36.6 Å². The number of hydrogen-bond donors (Lipinski definition) is 0. The standard InChI is InChI=1S/C14H16N4/c1-3-13-16-14(4-2)18(17-13)10-12-8-6-5-7-11(12)9-15/h5-8H,3-4,10H2,1-2H3. The Bertz CT molecular complexity index is 578. The van der Waals surface area contributed by atoms with Gasteiger partial charge in [0.2, 0.25) is 0 Å². The molecule has 0 saturated heterocycles. The molecule has 0 saturated carbocycles. The molecule has 0 bridgehead atoms. The average Bonchev–Trinajstić information content (AvgIpc) is 2.81. The Kier molecular flexibility index (Phi) is 3.73. The maximum absolute atomic E-state index is 9.08. The van der Waals surface area contributed by atoms with E-state index in [1.165, 1.54) is 0 Å². The van der Waals surface area contributed by atoms with Gasteiger partial charge in [-0.15, -0.1) is 0 Å². The van der Waals surface area contributed by atoms with Gasteiger partial charge in [0.05, 0.1) is 18.2 Å². The van der Waals surface area contributed by atoms with Crippen molar-refractivity contribution in [2.75, 3.05) is 0 Å². The molecule has 0 radical (unpaired) electrons. The van der Waals surface area contributed by atoms with E-state index in [4.69, 9.17) is 5.26 Å². The summed E-state index contributed by atoms with van der Waals surface area (Å²) >= 11 is 0. The quantitative estimate of drug-likeness (QED) is 0.824. The molecule has 4 nitrogen and oxygen atoms in total. The molecular weight excluding hydrogens is 224 g/mol. The first-order valence-electron chi connectivity index (χ1n) is 6.19. The Morgan fingerprint density at radius 1 is 1.22 bits per heavy atom. The van der Waals surface area contributed by atoms with E-state index in [1.807, 2.05) is 35.9 Å². The summed E-state index contributed by atoms with van der Waals surface area (Å²) in [5, 5.41) is 13.5. The van der Waals surface area contributed by atoms with Gasteiger partial charge in [-0.05, 0) is 11.6 Å². The average molecular weight is 240 g/mol. The van der Waals surface area contributed by atoms with Gasteiger partial charge < -0.3 is 0 Å². The molecule has 1 heterocycles. The van der Waals surface area contributed by atoms with Crippen LogP contribution in [0.5, 0.6) is 0 Å². The topological polar surface area (TPSA) is 54.5 Å². The van der Waals surface area contributed by atoms with E-state index < -0.39 is 0 Å². The highest BCUT2D eigenvalue weighted by Gasteiger charge is 2.09. The summed E-state index contributed by atoms with van der Waals surface area (Å²) < 4.78 is 1.90. The zero-order chi connectivity index (χ0) is 13.0.